The number of fused-ring (bicyclic) bond motifs is 1. The Hall–Kier alpha value is -2.41. The summed E-state index contributed by atoms with van der Waals surface area (Å²) < 4.78 is 45.3. The Morgan fingerprint density at radius 1 is 1.23 bits per heavy atom. The molecule has 3 rings (SSSR count). The molecular weight excluding hydrogens is 307 g/mol. The van der Waals surface area contributed by atoms with E-state index in [9.17, 15) is 12.8 Å². The van der Waals surface area contributed by atoms with Crippen molar-refractivity contribution in [2.24, 2.45) is 0 Å². The second-order valence-electron chi connectivity index (χ2n) is 4.95. The van der Waals surface area contributed by atoms with Gasteiger partial charge in [0.2, 0.25) is 10.0 Å². The zero-order valence-electron chi connectivity index (χ0n) is 11.7. The number of hydrogen-bond donors (Lipinski definition) is 1. The van der Waals surface area contributed by atoms with Crippen LogP contribution in [0.4, 0.5) is 10.1 Å². The highest BCUT2D eigenvalue weighted by molar-refractivity contribution is 7.91. The van der Waals surface area contributed by atoms with Crippen LogP contribution in [0.5, 0.6) is 0 Å². The Morgan fingerprint density at radius 3 is 2.77 bits per heavy atom. The number of hydrogen-bond acceptors (Lipinski definition) is 4. The molecule has 22 heavy (non-hydrogen) atoms. The average molecular weight is 320 g/mol. The molecule has 0 aliphatic rings. The predicted molar refractivity (Wildman–Crippen MR) is 81.4 cm³/mol. The lowest BCUT2D eigenvalue weighted by Crippen LogP contribution is -2.15. The van der Waals surface area contributed by atoms with Gasteiger partial charge in [0.15, 0.2) is 5.58 Å². The fourth-order valence-electron chi connectivity index (χ4n) is 2.09. The van der Waals surface area contributed by atoms with Crippen molar-refractivity contribution in [3.05, 3.63) is 59.5 Å². The first-order valence-corrected chi connectivity index (χ1v) is 8.20. The predicted octanol–water partition coefficient (Wildman–Crippen LogP) is 3.22. The Balaban J connectivity index is 1.85. The van der Waals surface area contributed by atoms with Gasteiger partial charge in [-0.2, -0.15) is 0 Å². The third-order valence-electron chi connectivity index (χ3n) is 3.22. The van der Waals surface area contributed by atoms with E-state index >= 15 is 0 Å². The summed E-state index contributed by atoms with van der Waals surface area (Å²) >= 11 is 0. The molecule has 0 bridgehead atoms. The summed E-state index contributed by atoms with van der Waals surface area (Å²) in [5.41, 5.74) is 1.46. The lowest BCUT2D eigenvalue weighted by Gasteiger charge is -2.07. The minimum Gasteiger partial charge on any atom is -0.356 e. The van der Waals surface area contributed by atoms with Crippen LogP contribution in [0.2, 0.25) is 0 Å². The van der Waals surface area contributed by atoms with Gasteiger partial charge in [-0.05, 0) is 36.8 Å². The number of anilines is 1. The number of aromatic nitrogens is 1. The maximum absolute atomic E-state index is 13.5. The Morgan fingerprint density at radius 2 is 2.00 bits per heavy atom. The van der Waals surface area contributed by atoms with Gasteiger partial charge in [0.05, 0.1) is 5.69 Å². The zero-order chi connectivity index (χ0) is 15.7. The maximum atomic E-state index is 13.5. The van der Waals surface area contributed by atoms with E-state index in [-0.39, 0.29) is 11.4 Å². The first-order chi connectivity index (χ1) is 10.4. The van der Waals surface area contributed by atoms with Crippen molar-refractivity contribution in [3.8, 4) is 0 Å². The van der Waals surface area contributed by atoms with E-state index < -0.39 is 15.8 Å². The fourth-order valence-corrected chi connectivity index (χ4v) is 3.22. The number of nitrogens with zero attached hydrogens (tertiary/aromatic N) is 1. The van der Waals surface area contributed by atoms with Gasteiger partial charge < -0.3 is 4.52 Å². The molecule has 0 atom stereocenters. The average Bonchev–Trinajstić information content (AvgIpc) is 2.85. The third kappa shape index (κ3) is 2.94. The monoisotopic (exact) mass is 320 g/mol. The molecular formula is C15H13FN2O3S. The van der Waals surface area contributed by atoms with Gasteiger partial charge >= 0.3 is 0 Å². The fraction of sp³-hybridized carbons (Fsp3) is 0.133. The molecule has 3 aromatic rings. The van der Waals surface area contributed by atoms with Gasteiger partial charge in [0.25, 0.3) is 0 Å². The van der Waals surface area contributed by atoms with Gasteiger partial charge in [0, 0.05) is 5.39 Å². The number of benzene rings is 2. The molecule has 0 radical (unpaired) electrons. The molecule has 0 amide bonds. The highest BCUT2D eigenvalue weighted by Crippen LogP contribution is 2.21. The molecule has 0 saturated heterocycles. The number of para-hydroxylation sites is 1. The standard InChI is InChI=1S/C15H13FN2O3S/c1-10-6-7-11(8-13(10)16)18-22(19,20)9-14-12-4-2-3-5-15(12)21-17-14/h2-8,18H,9H2,1H3. The number of rotatable bonds is 4. The minimum atomic E-state index is -3.72. The number of halogens is 1. The van der Waals surface area contributed by atoms with Gasteiger partial charge in [-0.3, -0.25) is 4.72 Å². The van der Waals surface area contributed by atoms with Crippen molar-refractivity contribution in [3.63, 3.8) is 0 Å². The summed E-state index contributed by atoms with van der Waals surface area (Å²) in [4.78, 5) is 0. The molecule has 0 fully saturated rings. The Labute approximate surface area is 126 Å². The van der Waals surface area contributed by atoms with Crippen LogP contribution < -0.4 is 4.72 Å². The van der Waals surface area contributed by atoms with Crippen molar-refractivity contribution in [1.29, 1.82) is 0 Å². The van der Waals surface area contributed by atoms with E-state index in [2.05, 4.69) is 9.88 Å². The summed E-state index contributed by atoms with van der Waals surface area (Å²) in [6.07, 6.45) is 0. The second-order valence-corrected chi connectivity index (χ2v) is 6.67. The molecule has 2 aromatic carbocycles. The molecule has 7 heteroatoms. The molecule has 0 unspecified atom stereocenters. The van der Waals surface area contributed by atoms with Crippen molar-refractivity contribution >= 4 is 26.7 Å². The largest absolute Gasteiger partial charge is 0.356 e. The van der Waals surface area contributed by atoms with Crippen LogP contribution in [-0.4, -0.2) is 13.6 Å². The van der Waals surface area contributed by atoms with Crippen LogP contribution in [0.15, 0.2) is 47.0 Å². The van der Waals surface area contributed by atoms with E-state index in [0.29, 0.717) is 22.2 Å². The van der Waals surface area contributed by atoms with Crippen LogP contribution >= 0.6 is 0 Å². The van der Waals surface area contributed by atoms with E-state index in [1.54, 1.807) is 31.2 Å². The van der Waals surface area contributed by atoms with Gasteiger partial charge in [-0.1, -0.05) is 23.4 Å². The second kappa shape index (κ2) is 5.42. The highest BCUT2D eigenvalue weighted by atomic mass is 32.2. The van der Waals surface area contributed by atoms with E-state index in [1.165, 1.54) is 12.1 Å². The van der Waals surface area contributed by atoms with Gasteiger partial charge in [0.1, 0.15) is 17.3 Å². The first-order valence-electron chi connectivity index (χ1n) is 6.54. The Kier molecular flexibility index (Phi) is 3.58. The van der Waals surface area contributed by atoms with Crippen LogP contribution in [0.3, 0.4) is 0 Å². The van der Waals surface area contributed by atoms with Gasteiger partial charge in [-0.15, -0.1) is 0 Å². The van der Waals surface area contributed by atoms with Crippen molar-refractivity contribution in [2.45, 2.75) is 12.7 Å². The lowest BCUT2D eigenvalue weighted by atomic mass is 10.2. The molecule has 1 N–H and O–H groups in total. The molecule has 0 saturated carbocycles. The molecule has 5 nitrogen and oxygen atoms in total. The third-order valence-corrected chi connectivity index (χ3v) is 4.42. The normalized spacial score (nSPS) is 11.7. The highest BCUT2D eigenvalue weighted by Gasteiger charge is 2.17. The summed E-state index contributed by atoms with van der Waals surface area (Å²) in [5, 5.41) is 4.43. The quantitative estimate of drug-likeness (QED) is 0.801. The first kappa shape index (κ1) is 14.5. The topological polar surface area (TPSA) is 72.2 Å². The van der Waals surface area contributed by atoms with E-state index in [4.69, 9.17) is 4.52 Å². The Bertz CT molecular complexity index is 935. The van der Waals surface area contributed by atoms with Gasteiger partial charge in [-0.25, -0.2) is 12.8 Å². The number of aryl methyl sites for hydroxylation is 1. The molecule has 114 valence electrons. The lowest BCUT2D eigenvalue weighted by molar-refractivity contribution is 0.448. The summed E-state index contributed by atoms with van der Waals surface area (Å²) in [7, 11) is -3.72. The van der Waals surface area contributed by atoms with Crippen LogP contribution in [0.25, 0.3) is 11.0 Å². The number of nitrogens with one attached hydrogen (secondary N) is 1. The molecule has 1 heterocycles. The van der Waals surface area contributed by atoms with Crippen molar-refractivity contribution in [2.75, 3.05) is 4.72 Å². The van der Waals surface area contributed by atoms with E-state index in [0.717, 1.165) is 6.07 Å². The SMILES string of the molecule is Cc1ccc(NS(=O)(=O)Cc2noc3ccccc23)cc1F. The van der Waals surface area contributed by atoms with E-state index in [1.807, 2.05) is 0 Å². The molecule has 0 aliphatic carbocycles. The van der Waals surface area contributed by atoms with Crippen molar-refractivity contribution in [1.82, 2.24) is 5.16 Å². The van der Waals surface area contributed by atoms with Crippen LogP contribution in [-0.2, 0) is 15.8 Å². The summed E-state index contributed by atoms with van der Waals surface area (Å²) in [6.45, 7) is 1.61. The summed E-state index contributed by atoms with van der Waals surface area (Å²) in [6, 6.07) is 11.2. The number of sulfonamides is 1. The zero-order valence-corrected chi connectivity index (χ0v) is 12.5. The van der Waals surface area contributed by atoms with Crippen molar-refractivity contribution < 1.29 is 17.3 Å². The van der Waals surface area contributed by atoms with Crippen LogP contribution in [0, 0.1) is 12.7 Å². The van der Waals surface area contributed by atoms with Crippen LogP contribution in [0.1, 0.15) is 11.3 Å². The maximum Gasteiger partial charge on any atom is 0.238 e. The molecule has 0 aliphatic heterocycles. The smallest absolute Gasteiger partial charge is 0.238 e. The molecule has 0 spiro atoms. The summed E-state index contributed by atoms with van der Waals surface area (Å²) in [5.74, 6) is -0.813. The molecule has 1 aromatic heterocycles. The minimum absolute atomic E-state index is 0.177.